The fraction of sp³-hybridized carbons (Fsp3) is 0.355. The number of nitrogens with one attached hydrogen (secondary N) is 1. The van der Waals surface area contributed by atoms with Gasteiger partial charge in [-0.1, -0.05) is 73.8 Å². The van der Waals surface area contributed by atoms with Crippen molar-refractivity contribution in [3.8, 4) is 0 Å². The molecule has 1 N–H and O–H groups in total. The third-order valence-electron chi connectivity index (χ3n) is 6.71. The lowest BCUT2D eigenvalue weighted by Gasteiger charge is -2.33. The second kappa shape index (κ2) is 14.7. The average Bonchev–Trinajstić information content (AvgIpc) is 2.93. The summed E-state index contributed by atoms with van der Waals surface area (Å²) < 4.78 is 29.0. The van der Waals surface area contributed by atoms with E-state index in [9.17, 15) is 18.0 Å². The van der Waals surface area contributed by atoms with Crippen LogP contribution in [0.15, 0.2) is 71.6 Å². The average molecular weight is 619 g/mol. The van der Waals surface area contributed by atoms with E-state index in [1.54, 1.807) is 55.5 Å². The molecule has 220 valence electrons. The maximum atomic E-state index is 14.2. The van der Waals surface area contributed by atoms with Gasteiger partial charge in [-0.05, 0) is 74.2 Å². The zero-order chi connectivity index (χ0) is 30.2. The molecule has 0 saturated heterocycles. The number of amides is 2. The van der Waals surface area contributed by atoms with Crippen LogP contribution in [0.5, 0.6) is 0 Å². The van der Waals surface area contributed by atoms with Crippen LogP contribution in [-0.4, -0.2) is 44.3 Å². The van der Waals surface area contributed by atoms with E-state index in [-0.39, 0.29) is 17.3 Å². The molecule has 3 rings (SSSR count). The van der Waals surface area contributed by atoms with Crippen molar-refractivity contribution in [3.63, 3.8) is 0 Å². The van der Waals surface area contributed by atoms with Crippen molar-refractivity contribution in [3.05, 3.63) is 93.5 Å². The molecule has 41 heavy (non-hydrogen) atoms. The minimum atomic E-state index is -4.14. The highest BCUT2D eigenvalue weighted by molar-refractivity contribution is 7.92. The standard InChI is InChI=1S/C31H37Cl2N3O4S/c1-5-7-16-34-31(38)29(6-2)35(20-26-27(32)14-11-15-28(26)33)30(37)21-36(24-18-22(3)17-23(4)19-24)41(39,40)25-12-9-8-10-13-25/h8-15,17-19,29H,5-7,16,20-21H2,1-4H3,(H,34,38)/t29-/m1/s1. The van der Waals surface area contributed by atoms with Gasteiger partial charge >= 0.3 is 0 Å². The zero-order valence-electron chi connectivity index (χ0n) is 23.9. The molecule has 0 radical (unpaired) electrons. The van der Waals surface area contributed by atoms with Crippen LogP contribution in [0.3, 0.4) is 0 Å². The first-order chi connectivity index (χ1) is 19.5. The molecule has 0 bridgehead atoms. The number of anilines is 1. The smallest absolute Gasteiger partial charge is 0.264 e. The third-order valence-corrected chi connectivity index (χ3v) is 9.21. The highest BCUT2D eigenvalue weighted by Gasteiger charge is 2.34. The topological polar surface area (TPSA) is 86.8 Å². The molecule has 0 aromatic heterocycles. The van der Waals surface area contributed by atoms with E-state index in [1.165, 1.54) is 17.0 Å². The molecule has 0 unspecified atom stereocenters. The predicted molar refractivity (Wildman–Crippen MR) is 166 cm³/mol. The zero-order valence-corrected chi connectivity index (χ0v) is 26.2. The number of nitrogens with zero attached hydrogens (tertiary/aromatic N) is 2. The Morgan fingerprint density at radius 2 is 1.51 bits per heavy atom. The van der Waals surface area contributed by atoms with Crippen LogP contribution >= 0.6 is 23.2 Å². The van der Waals surface area contributed by atoms with Crippen molar-refractivity contribution in [2.45, 2.75) is 64.4 Å². The third kappa shape index (κ3) is 8.24. The summed E-state index contributed by atoms with van der Waals surface area (Å²) in [5, 5.41) is 3.60. The maximum absolute atomic E-state index is 14.2. The maximum Gasteiger partial charge on any atom is 0.264 e. The van der Waals surface area contributed by atoms with Gasteiger partial charge in [0.05, 0.1) is 10.6 Å². The predicted octanol–water partition coefficient (Wildman–Crippen LogP) is 6.53. The second-order valence-electron chi connectivity index (χ2n) is 9.96. The van der Waals surface area contributed by atoms with Crippen molar-refractivity contribution in [2.75, 3.05) is 17.4 Å². The Labute approximate surface area is 253 Å². The van der Waals surface area contributed by atoms with Gasteiger partial charge in [-0.15, -0.1) is 0 Å². The van der Waals surface area contributed by atoms with Crippen molar-refractivity contribution >= 4 is 50.7 Å². The molecule has 0 heterocycles. The van der Waals surface area contributed by atoms with E-state index in [2.05, 4.69) is 5.32 Å². The number of hydrogen-bond acceptors (Lipinski definition) is 4. The number of rotatable bonds is 13. The Bertz CT molecular complexity index is 1420. The molecular formula is C31H37Cl2N3O4S. The van der Waals surface area contributed by atoms with Gasteiger partial charge in [0.25, 0.3) is 10.0 Å². The Morgan fingerprint density at radius 1 is 0.902 bits per heavy atom. The molecule has 0 fully saturated rings. The van der Waals surface area contributed by atoms with E-state index in [1.807, 2.05) is 26.8 Å². The fourth-order valence-corrected chi connectivity index (χ4v) is 6.56. The van der Waals surface area contributed by atoms with Crippen molar-refractivity contribution in [2.24, 2.45) is 0 Å². The molecule has 3 aromatic carbocycles. The van der Waals surface area contributed by atoms with Gasteiger partial charge in [0, 0.05) is 28.7 Å². The van der Waals surface area contributed by atoms with Gasteiger partial charge < -0.3 is 10.2 Å². The van der Waals surface area contributed by atoms with Crippen LogP contribution in [0.4, 0.5) is 5.69 Å². The van der Waals surface area contributed by atoms with Gasteiger partial charge in [0.1, 0.15) is 12.6 Å². The summed E-state index contributed by atoms with van der Waals surface area (Å²) in [6, 6.07) is 17.5. The summed E-state index contributed by atoms with van der Waals surface area (Å²) in [5.41, 5.74) is 2.54. The van der Waals surface area contributed by atoms with Crippen molar-refractivity contribution < 1.29 is 18.0 Å². The van der Waals surface area contributed by atoms with Crippen molar-refractivity contribution in [1.82, 2.24) is 10.2 Å². The molecular weight excluding hydrogens is 581 g/mol. The largest absolute Gasteiger partial charge is 0.354 e. The number of halogens is 2. The summed E-state index contributed by atoms with van der Waals surface area (Å²) in [6.45, 7) is 7.44. The molecule has 0 spiro atoms. The Kier molecular flexibility index (Phi) is 11.6. The number of carbonyl (C=O) groups is 2. The molecule has 7 nitrogen and oxygen atoms in total. The van der Waals surface area contributed by atoms with Crippen LogP contribution in [0.25, 0.3) is 0 Å². The van der Waals surface area contributed by atoms with E-state index < -0.39 is 28.5 Å². The normalized spacial score (nSPS) is 12.0. The van der Waals surface area contributed by atoms with Crippen LogP contribution < -0.4 is 9.62 Å². The number of hydrogen-bond donors (Lipinski definition) is 1. The van der Waals surface area contributed by atoms with E-state index in [0.29, 0.717) is 34.3 Å². The quantitative estimate of drug-likeness (QED) is 0.221. The SMILES string of the molecule is CCCCNC(=O)[C@@H](CC)N(Cc1c(Cl)cccc1Cl)C(=O)CN(c1cc(C)cc(C)c1)S(=O)(=O)c1ccccc1. The molecule has 0 aliphatic heterocycles. The summed E-state index contributed by atoms with van der Waals surface area (Å²) in [4.78, 5) is 28.9. The lowest BCUT2D eigenvalue weighted by atomic mass is 10.1. The summed E-state index contributed by atoms with van der Waals surface area (Å²) in [7, 11) is -4.14. The molecule has 1 atom stereocenters. The summed E-state index contributed by atoms with van der Waals surface area (Å²) in [6.07, 6.45) is 2.00. The first-order valence-electron chi connectivity index (χ1n) is 13.7. The van der Waals surface area contributed by atoms with Crippen molar-refractivity contribution in [1.29, 1.82) is 0 Å². The van der Waals surface area contributed by atoms with Crippen LogP contribution in [0.2, 0.25) is 10.0 Å². The Hall–Kier alpha value is -3.07. The van der Waals surface area contributed by atoms with Gasteiger partial charge in [-0.2, -0.15) is 0 Å². The molecule has 3 aromatic rings. The fourth-order valence-electron chi connectivity index (χ4n) is 4.62. The first kappa shape index (κ1) is 32.4. The van der Waals surface area contributed by atoms with Gasteiger partial charge in [-0.25, -0.2) is 8.42 Å². The monoisotopic (exact) mass is 617 g/mol. The molecule has 2 amide bonds. The van der Waals surface area contributed by atoms with E-state index in [0.717, 1.165) is 28.3 Å². The second-order valence-corrected chi connectivity index (χ2v) is 12.6. The molecule has 0 saturated carbocycles. The van der Waals surface area contributed by atoms with Crippen LogP contribution in [0, 0.1) is 13.8 Å². The van der Waals surface area contributed by atoms with Gasteiger partial charge in [-0.3, -0.25) is 13.9 Å². The number of sulfonamides is 1. The lowest BCUT2D eigenvalue weighted by Crippen LogP contribution is -2.52. The molecule has 10 heteroatoms. The minimum Gasteiger partial charge on any atom is -0.354 e. The first-order valence-corrected chi connectivity index (χ1v) is 15.8. The highest BCUT2D eigenvalue weighted by atomic mass is 35.5. The molecule has 0 aliphatic carbocycles. The number of carbonyl (C=O) groups excluding carboxylic acids is 2. The Balaban J connectivity index is 2.10. The number of aryl methyl sites for hydroxylation is 2. The van der Waals surface area contributed by atoms with Crippen LogP contribution in [-0.2, 0) is 26.2 Å². The number of unbranched alkanes of at least 4 members (excludes halogenated alkanes) is 1. The molecule has 0 aliphatic rings. The Morgan fingerprint density at radius 3 is 2.07 bits per heavy atom. The van der Waals surface area contributed by atoms with Gasteiger partial charge in [0.15, 0.2) is 0 Å². The van der Waals surface area contributed by atoms with E-state index >= 15 is 0 Å². The summed E-state index contributed by atoms with van der Waals surface area (Å²) >= 11 is 12.9. The van der Waals surface area contributed by atoms with Gasteiger partial charge in [0.2, 0.25) is 11.8 Å². The number of benzene rings is 3. The lowest BCUT2D eigenvalue weighted by molar-refractivity contribution is -0.140. The van der Waals surface area contributed by atoms with Crippen LogP contribution in [0.1, 0.15) is 49.8 Å². The minimum absolute atomic E-state index is 0.0528. The highest BCUT2D eigenvalue weighted by Crippen LogP contribution is 2.29. The summed E-state index contributed by atoms with van der Waals surface area (Å²) in [5.74, 6) is -0.876. The van der Waals surface area contributed by atoms with E-state index in [4.69, 9.17) is 23.2 Å².